The fourth-order valence-corrected chi connectivity index (χ4v) is 2.35. The van der Waals surface area contributed by atoms with Crippen LogP contribution < -0.4 is 10.9 Å². The lowest BCUT2D eigenvalue weighted by molar-refractivity contribution is 0.405. The van der Waals surface area contributed by atoms with E-state index in [0.717, 1.165) is 50.2 Å². The molecule has 0 saturated carbocycles. The van der Waals surface area contributed by atoms with Crippen molar-refractivity contribution in [3.63, 3.8) is 0 Å². The summed E-state index contributed by atoms with van der Waals surface area (Å²) in [7, 11) is 0. The molecule has 0 saturated heterocycles. The van der Waals surface area contributed by atoms with Gasteiger partial charge in [-0.2, -0.15) is 0 Å². The van der Waals surface area contributed by atoms with E-state index in [2.05, 4.69) is 24.1 Å². The highest BCUT2D eigenvalue weighted by atomic mass is 16.1. The zero-order valence-electron chi connectivity index (χ0n) is 10.7. The van der Waals surface area contributed by atoms with Gasteiger partial charge in [-0.1, -0.05) is 26.7 Å². The third kappa shape index (κ3) is 2.57. The summed E-state index contributed by atoms with van der Waals surface area (Å²) in [5.41, 5.74) is 2.02. The molecule has 1 N–H and O–H groups in total. The van der Waals surface area contributed by atoms with Gasteiger partial charge in [-0.05, 0) is 18.9 Å². The summed E-state index contributed by atoms with van der Waals surface area (Å²) in [4.78, 5) is 16.7. The fourth-order valence-electron chi connectivity index (χ4n) is 2.35. The maximum atomic E-state index is 12.3. The molecule has 0 fully saturated rings. The quantitative estimate of drug-likeness (QED) is 0.856. The molecule has 0 aliphatic carbocycles. The molecule has 0 amide bonds. The Morgan fingerprint density at radius 2 is 2.24 bits per heavy atom. The van der Waals surface area contributed by atoms with Gasteiger partial charge in [0.25, 0.3) is 5.56 Å². The van der Waals surface area contributed by atoms with E-state index >= 15 is 0 Å². The molecule has 1 aliphatic rings. The Balaban J connectivity index is 2.27. The van der Waals surface area contributed by atoms with E-state index in [1.165, 1.54) is 0 Å². The molecule has 4 nitrogen and oxygen atoms in total. The summed E-state index contributed by atoms with van der Waals surface area (Å²) in [6.45, 7) is 6.78. The molecular formula is C13H21N3O. The molecule has 17 heavy (non-hydrogen) atoms. The second-order valence-corrected chi connectivity index (χ2v) is 4.74. The van der Waals surface area contributed by atoms with Crippen LogP contribution in [0.5, 0.6) is 0 Å². The minimum atomic E-state index is 0.170. The highest BCUT2D eigenvalue weighted by Crippen LogP contribution is 2.11. The number of hydrogen-bond donors (Lipinski definition) is 1. The van der Waals surface area contributed by atoms with Crippen LogP contribution in [0, 0.1) is 5.92 Å². The van der Waals surface area contributed by atoms with Crippen LogP contribution in [-0.4, -0.2) is 16.1 Å². The van der Waals surface area contributed by atoms with Crippen LogP contribution in [0.3, 0.4) is 0 Å². The first-order valence-electron chi connectivity index (χ1n) is 6.54. The van der Waals surface area contributed by atoms with Gasteiger partial charge in [0.1, 0.15) is 0 Å². The third-order valence-corrected chi connectivity index (χ3v) is 3.67. The normalized spacial score (nSPS) is 15.0. The molecule has 0 radical (unpaired) electrons. The fraction of sp³-hybridized carbons (Fsp3) is 0.692. The molecule has 1 aromatic heterocycles. The van der Waals surface area contributed by atoms with Gasteiger partial charge in [-0.15, -0.1) is 0 Å². The SMILES string of the molecule is CCC(CC)Cn1cnc2c(c1=O)CCNC2. The van der Waals surface area contributed by atoms with Crippen LogP contribution in [-0.2, 0) is 19.5 Å². The average Bonchev–Trinajstić information content (AvgIpc) is 2.38. The van der Waals surface area contributed by atoms with E-state index in [0.29, 0.717) is 5.92 Å². The first kappa shape index (κ1) is 12.3. The maximum absolute atomic E-state index is 12.3. The minimum absolute atomic E-state index is 0.170. The van der Waals surface area contributed by atoms with Gasteiger partial charge < -0.3 is 5.32 Å². The van der Waals surface area contributed by atoms with Gasteiger partial charge >= 0.3 is 0 Å². The maximum Gasteiger partial charge on any atom is 0.256 e. The summed E-state index contributed by atoms with van der Waals surface area (Å²) in [5.74, 6) is 0.578. The van der Waals surface area contributed by atoms with Crippen LogP contribution >= 0.6 is 0 Å². The lowest BCUT2D eigenvalue weighted by atomic mass is 10.0. The Bertz CT molecular complexity index is 435. The summed E-state index contributed by atoms with van der Waals surface area (Å²) >= 11 is 0. The van der Waals surface area contributed by atoms with Crippen LogP contribution in [0.4, 0.5) is 0 Å². The predicted molar refractivity (Wildman–Crippen MR) is 68.0 cm³/mol. The smallest absolute Gasteiger partial charge is 0.256 e. The molecule has 0 bridgehead atoms. The Hall–Kier alpha value is -1.16. The summed E-state index contributed by atoms with van der Waals surface area (Å²) in [6, 6.07) is 0. The van der Waals surface area contributed by atoms with E-state index in [1.807, 2.05) is 0 Å². The summed E-state index contributed by atoms with van der Waals surface area (Å²) in [6.07, 6.45) is 4.75. The van der Waals surface area contributed by atoms with Crippen LogP contribution in [0.15, 0.2) is 11.1 Å². The largest absolute Gasteiger partial charge is 0.311 e. The van der Waals surface area contributed by atoms with Crippen molar-refractivity contribution in [1.29, 1.82) is 0 Å². The Kier molecular flexibility index (Phi) is 3.94. The van der Waals surface area contributed by atoms with Crippen molar-refractivity contribution in [3.05, 3.63) is 27.9 Å². The topological polar surface area (TPSA) is 46.9 Å². The van der Waals surface area contributed by atoms with Gasteiger partial charge in [-0.25, -0.2) is 4.98 Å². The van der Waals surface area contributed by atoms with E-state index < -0.39 is 0 Å². The van der Waals surface area contributed by atoms with Gasteiger partial charge in [0.05, 0.1) is 12.0 Å². The van der Waals surface area contributed by atoms with Crippen molar-refractivity contribution in [2.45, 2.75) is 46.2 Å². The number of rotatable bonds is 4. The predicted octanol–water partition coefficient (Wildman–Crippen LogP) is 1.33. The Labute approximate surface area is 102 Å². The van der Waals surface area contributed by atoms with Gasteiger partial charge in [0, 0.05) is 18.7 Å². The second-order valence-electron chi connectivity index (χ2n) is 4.74. The summed E-state index contributed by atoms with van der Waals surface area (Å²) in [5, 5.41) is 3.24. The van der Waals surface area contributed by atoms with Crippen LogP contribution in [0.2, 0.25) is 0 Å². The van der Waals surface area contributed by atoms with Crippen molar-refractivity contribution in [3.8, 4) is 0 Å². The molecular weight excluding hydrogens is 214 g/mol. The second kappa shape index (κ2) is 5.45. The van der Waals surface area contributed by atoms with E-state index in [4.69, 9.17) is 0 Å². The van der Waals surface area contributed by atoms with Crippen molar-refractivity contribution in [2.75, 3.05) is 6.54 Å². The van der Waals surface area contributed by atoms with Crippen molar-refractivity contribution in [2.24, 2.45) is 5.92 Å². The molecule has 2 heterocycles. The number of hydrogen-bond acceptors (Lipinski definition) is 3. The number of fused-ring (bicyclic) bond motifs is 1. The molecule has 0 atom stereocenters. The molecule has 1 aromatic rings. The molecule has 0 aromatic carbocycles. The van der Waals surface area contributed by atoms with E-state index in [1.54, 1.807) is 10.9 Å². The zero-order valence-corrected chi connectivity index (χ0v) is 10.7. The van der Waals surface area contributed by atoms with Crippen molar-refractivity contribution in [1.82, 2.24) is 14.9 Å². The van der Waals surface area contributed by atoms with Crippen LogP contribution in [0.1, 0.15) is 37.9 Å². The molecule has 0 spiro atoms. The Morgan fingerprint density at radius 1 is 1.47 bits per heavy atom. The lowest BCUT2D eigenvalue weighted by Crippen LogP contribution is -2.35. The molecule has 0 unspecified atom stereocenters. The zero-order chi connectivity index (χ0) is 12.3. The number of nitrogens with zero attached hydrogens (tertiary/aromatic N) is 2. The molecule has 4 heteroatoms. The van der Waals surface area contributed by atoms with E-state index in [9.17, 15) is 4.79 Å². The molecule has 1 aliphatic heterocycles. The number of aromatic nitrogens is 2. The standard InChI is InChI=1S/C13H21N3O/c1-3-10(4-2)8-16-9-15-12-7-14-6-5-11(12)13(16)17/h9-10,14H,3-8H2,1-2H3. The minimum Gasteiger partial charge on any atom is -0.311 e. The van der Waals surface area contributed by atoms with Crippen molar-refractivity contribution < 1.29 is 0 Å². The van der Waals surface area contributed by atoms with E-state index in [-0.39, 0.29) is 5.56 Å². The van der Waals surface area contributed by atoms with Gasteiger partial charge in [-0.3, -0.25) is 9.36 Å². The first-order chi connectivity index (χ1) is 8.26. The average molecular weight is 235 g/mol. The van der Waals surface area contributed by atoms with Gasteiger partial charge in [0.2, 0.25) is 0 Å². The lowest BCUT2D eigenvalue weighted by Gasteiger charge is -2.19. The molecule has 2 rings (SSSR count). The number of nitrogens with one attached hydrogen (secondary N) is 1. The highest BCUT2D eigenvalue weighted by molar-refractivity contribution is 5.19. The highest BCUT2D eigenvalue weighted by Gasteiger charge is 2.16. The summed E-state index contributed by atoms with van der Waals surface area (Å²) < 4.78 is 1.79. The first-order valence-corrected chi connectivity index (χ1v) is 6.54. The Morgan fingerprint density at radius 3 is 2.94 bits per heavy atom. The monoisotopic (exact) mass is 235 g/mol. The van der Waals surface area contributed by atoms with Gasteiger partial charge in [0.15, 0.2) is 0 Å². The van der Waals surface area contributed by atoms with Crippen LogP contribution in [0.25, 0.3) is 0 Å². The molecule has 94 valence electrons. The van der Waals surface area contributed by atoms with Crippen molar-refractivity contribution >= 4 is 0 Å². The third-order valence-electron chi connectivity index (χ3n) is 3.67.